The first-order chi connectivity index (χ1) is 18.2. The second-order valence-electron chi connectivity index (χ2n) is 17.0. The van der Waals surface area contributed by atoms with Gasteiger partial charge in [-0.05, 0) is 167 Å². The molecule has 0 aliphatic carbocycles. The molecule has 0 unspecified atom stereocenters. The van der Waals surface area contributed by atoms with E-state index in [1.807, 2.05) is 0 Å². The van der Waals surface area contributed by atoms with Gasteiger partial charge in [0.25, 0.3) is 0 Å². The highest BCUT2D eigenvalue weighted by Crippen LogP contribution is 2.23. The van der Waals surface area contributed by atoms with Crippen molar-refractivity contribution in [2.75, 3.05) is 72.5 Å². The Labute approximate surface area is 260 Å². The van der Waals surface area contributed by atoms with Gasteiger partial charge in [-0.25, -0.2) is 0 Å². The molecule has 4 fully saturated rings. The molecular weight excluding hydrogens is 502 g/mol. The average molecular weight is 582 g/mol. The lowest BCUT2D eigenvalue weighted by Gasteiger charge is -2.42. The number of likely N-dealkylation sites (N-methyl/N-ethyl adjacent to an activating group) is 1. The fraction of sp³-hybridized carbons (Fsp3) is 1.00. The van der Waals surface area contributed by atoms with Gasteiger partial charge < -0.3 is 4.90 Å². The largest absolute Gasteiger partial charge is 0.304 e. The number of hydrogen-bond acceptors (Lipinski definition) is 5. The molecule has 0 N–H and O–H groups in total. The highest BCUT2D eigenvalue weighted by Gasteiger charge is 2.27. The number of hydrogen-bond donors (Lipinski definition) is 0. The Morgan fingerprint density at radius 1 is 0.390 bits per heavy atom. The molecule has 248 valence electrons. The van der Waals surface area contributed by atoms with Gasteiger partial charge in [0.2, 0.25) is 0 Å². The fourth-order valence-corrected chi connectivity index (χ4v) is 5.71. The monoisotopic (exact) mass is 582 g/mol. The predicted molar refractivity (Wildman–Crippen MR) is 186 cm³/mol. The summed E-state index contributed by atoms with van der Waals surface area (Å²) in [5, 5.41) is 0. The molecule has 0 radical (unpaired) electrons. The molecule has 4 heterocycles. The zero-order valence-electron chi connectivity index (χ0n) is 30.1. The minimum atomic E-state index is 0. The summed E-state index contributed by atoms with van der Waals surface area (Å²) in [7, 11) is 2.19. The quantitative estimate of drug-likeness (QED) is 0.288. The van der Waals surface area contributed by atoms with Gasteiger partial charge >= 0.3 is 0 Å². The Morgan fingerprint density at radius 3 is 0.951 bits per heavy atom. The first-order valence-corrected chi connectivity index (χ1v) is 16.9. The molecular formula is C36H79N5. The molecule has 0 aromatic heterocycles. The van der Waals surface area contributed by atoms with Crippen molar-refractivity contribution in [2.24, 2.45) is 5.92 Å². The summed E-state index contributed by atoms with van der Waals surface area (Å²) in [5.74, 6) is 0.952. The topological polar surface area (TPSA) is 16.2 Å². The van der Waals surface area contributed by atoms with Crippen molar-refractivity contribution in [1.29, 1.82) is 0 Å². The Balaban J connectivity index is 0.000000519. The van der Waals surface area contributed by atoms with E-state index in [2.05, 4.69) is 122 Å². The van der Waals surface area contributed by atoms with Gasteiger partial charge in [0.15, 0.2) is 0 Å². The highest BCUT2D eigenvalue weighted by atomic mass is 15.3. The van der Waals surface area contributed by atoms with Crippen molar-refractivity contribution in [3.63, 3.8) is 0 Å². The van der Waals surface area contributed by atoms with E-state index in [1.165, 1.54) is 104 Å². The maximum Gasteiger partial charge on any atom is 0.0126 e. The summed E-state index contributed by atoms with van der Waals surface area (Å²) in [6.45, 7) is 42.6. The van der Waals surface area contributed by atoms with E-state index in [4.69, 9.17) is 0 Å². The lowest BCUT2D eigenvalue weighted by atomic mass is 9.95. The summed E-state index contributed by atoms with van der Waals surface area (Å²) in [6, 6.07) is 0. The van der Waals surface area contributed by atoms with Crippen LogP contribution in [0.15, 0.2) is 0 Å². The first-order valence-electron chi connectivity index (χ1n) is 16.9. The fourth-order valence-electron chi connectivity index (χ4n) is 5.71. The SMILES string of the molecule is C.CC(C)(C)N1CCC1.CC(C)(C)N1CCCCC1.CC1CCN(C(C)(C)C)CC1.CN1CCN(C(C)(C)C)CC1. The maximum atomic E-state index is 2.59. The second-order valence-corrected chi connectivity index (χ2v) is 17.0. The van der Waals surface area contributed by atoms with Gasteiger partial charge in [-0.1, -0.05) is 20.8 Å². The molecule has 5 nitrogen and oxygen atoms in total. The van der Waals surface area contributed by atoms with Gasteiger partial charge in [-0.15, -0.1) is 0 Å². The van der Waals surface area contributed by atoms with Crippen LogP contribution in [0.25, 0.3) is 0 Å². The van der Waals surface area contributed by atoms with E-state index in [0.717, 1.165) is 5.92 Å². The molecule has 5 heteroatoms. The van der Waals surface area contributed by atoms with Gasteiger partial charge in [-0.2, -0.15) is 0 Å². The van der Waals surface area contributed by atoms with Crippen LogP contribution >= 0.6 is 0 Å². The van der Waals surface area contributed by atoms with Crippen LogP contribution in [0.4, 0.5) is 0 Å². The van der Waals surface area contributed by atoms with Crippen LogP contribution in [0.2, 0.25) is 0 Å². The Hall–Kier alpha value is -0.200. The Bertz CT molecular complexity index is 605. The molecule has 41 heavy (non-hydrogen) atoms. The molecule has 0 aromatic rings. The zero-order chi connectivity index (χ0) is 30.8. The molecule has 0 spiro atoms. The van der Waals surface area contributed by atoms with E-state index in [-0.39, 0.29) is 7.43 Å². The van der Waals surface area contributed by atoms with Crippen LogP contribution in [0.1, 0.15) is 136 Å². The molecule has 0 saturated carbocycles. The Kier molecular flexibility index (Phi) is 17.8. The summed E-state index contributed by atoms with van der Waals surface area (Å²) in [6.07, 6.45) is 8.41. The summed E-state index contributed by atoms with van der Waals surface area (Å²) >= 11 is 0. The van der Waals surface area contributed by atoms with Gasteiger partial charge in [0, 0.05) is 48.3 Å². The summed E-state index contributed by atoms with van der Waals surface area (Å²) < 4.78 is 0. The number of likely N-dealkylation sites (tertiary alicyclic amines) is 3. The number of rotatable bonds is 0. The van der Waals surface area contributed by atoms with Crippen LogP contribution < -0.4 is 0 Å². The molecule has 0 aromatic carbocycles. The van der Waals surface area contributed by atoms with Crippen LogP contribution in [0.5, 0.6) is 0 Å². The first kappa shape index (κ1) is 40.8. The van der Waals surface area contributed by atoms with Crippen LogP contribution in [-0.4, -0.2) is 119 Å². The number of piperidine rings is 2. The van der Waals surface area contributed by atoms with E-state index in [9.17, 15) is 0 Å². The van der Waals surface area contributed by atoms with Crippen LogP contribution in [0.3, 0.4) is 0 Å². The van der Waals surface area contributed by atoms with E-state index >= 15 is 0 Å². The highest BCUT2D eigenvalue weighted by molar-refractivity contribution is 4.83. The molecule has 0 amide bonds. The third-order valence-electron chi connectivity index (χ3n) is 9.29. The van der Waals surface area contributed by atoms with E-state index in [0.29, 0.717) is 22.2 Å². The standard InChI is InChI=1S/C10H21N.C9H20N2.C9H19N.C7H15N.CH4/c1-9-5-7-11(8-6-9)10(2,3)4;1-9(2,3)11-7-5-10(4)6-8-11;1-9(2,3)10-7-5-4-6-8-10;1-7(2,3)8-5-4-6-8;/h9H,5-8H2,1-4H3;5-8H2,1-4H3;4-8H2,1-3H3;4-6H2,1-3H3;1H4. The minimum Gasteiger partial charge on any atom is -0.304 e. The average Bonchev–Trinajstić information content (AvgIpc) is 2.77. The Morgan fingerprint density at radius 2 is 0.683 bits per heavy atom. The third-order valence-corrected chi connectivity index (χ3v) is 9.29. The van der Waals surface area contributed by atoms with Crippen molar-refractivity contribution >= 4 is 0 Å². The number of nitrogens with zero attached hydrogens (tertiary/aromatic N) is 5. The molecule has 4 aliphatic rings. The lowest BCUT2D eigenvalue weighted by Crippen LogP contribution is -2.52. The zero-order valence-corrected chi connectivity index (χ0v) is 30.1. The summed E-state index contributed by atoms with van der Waals surface area (Å²) in [4.78, 5) is 12.6. The molecule has 0 atom stereocenters. The number of piperazine rings is 1. The second kappa shape index (κ2) is 17.9. The third kappa shape index (κ3) is 17.0. The lowest BCUT2D eigenvalue weighted by molar-refractivity contribution is 0.0690. The van der Waals surface area contributed by atoms with E-state index < -0.39 is 0 Å². The van der Waals surface area contributed by atoms with Gasteiger partial charge in [0.05, 0.1) is 0 Å². The van der Waals surface area contributed by atoms with Gasteiger partial charge in [-0.3, -0.25) is 19.6 Å². The predicted octanol–water partition coefficient (Wildman–Crippen LogP) is 7.95. The van der Waals surface area contributed by atoms with Crippen LogP contribution in [0, 0.1) is 5.92 Å². The van der Waals surface area contributed by atoms with Gasteiger partial charge in [0.1, 0.15) is 0 Å². The molecule has 4 aliphatic heterocycles. The van der Waals surface area contributed by atoms with Crippen molar-refractivity contribution in [2.45, 2.75) is 158 Å². The van der Waals surface area contributed by atoms with Crippen LogP contribution in [-0.2, 0) is 0 Å². The molecule has 0 bridgehead atoms. The van der Waals surface area contributed by atoms with Crippen molar-refractivity contribution in [1.82, 2.24) is 24.5 Å². The van der Waals surface area contributed by atoms with Crippen molar-refractivity contribution in [3.8, 4) is 0 Å². The summed E-state index contributed by atoms with van der Waals surface area (Å²) in [5.41, 5.74) is 1.58. The van der Waals surface area contributed by atoms with Crippen molar-refractivity contribution in [3.05, 3.63) is 0 Å². The molecule has 4 saturated heterocycles. The normalized spacial score (nSPS) is 23.0. The van der Waals surface area contributed by atoms with E-state index in [1.54, 1.807) is 0 Å². The minimum absolute atomic E-state index is 0. The smallest absolute Gasteiger partial charge is 0.0126 e. The molecule has 4 rings (SSSR count). The van der Waals surface area contributed by atoms with Crippen molar-refractivity contribution < 1.29 is 0 Å². The maximum absolute atomic E-state index is 2.59.